The fourth-order valence-corrected chi connectivity index (χ4v) is 2.12. The van der Waals surface area contributed by atoms with E-state index < -0.39 is 5.91 Å². The fraction of sp³-hybridized carbons (Fsp3) is 0.118. The molecule has 9 nitrogen and oxygen atoms in total. The molecule has 0 saturated heterocycles. The lowest BCUT2D eigenvalue weighted by atomic mass is 10.3. The third kappa shape index (κ3) is 4.41. The van der Waals surface area contributed by atoms with Crippen molar-refractivity contribution in [3.8, 4) is 0 Å². The molecule has 0 radical (unpaired) electrons. The second kappa shape index (κ2) is 7.43. The van der Waals surface area contributed by atoms with E-state index in [4.69, 9.17) is 4.52 Å². The predicted octanol–water partition coefficient (Wildman–Crippen LogP) is 2.73. The van der Waals surface area contributed by atoms with Crippen LogP contribution < -0.4 is 16.0 Å². The Labute approximate surface area is 148 Å². The molecule has 0 aliphatic heterocycles. The summed E-state index contributed by atoms with van der Waals surface area (Å²) in [6, 6.07) is 10.1. The van der Waals surface area contributed by atoms with Gasteiger partial charge in [-0.25, -0.2) is 9.97 Å². The molecular formula is C17H16N6O3. The molecule has 3 aromatic rings. The lowest BCUT2D eigenvalue weighted by Crippen LogP contribution is -2.15. The van der Waals surface area contributed by atoms with Crippen LogP contribution in [0.25, 0.3) is 0 Å². The second-order valence-corrected chi connectivity index (χ2v) is 5.43. The van der Waals surface area contributed by atoms with Crippen LogP contribution in [0.3, 0.4) is 0 Å². The van der Waals surface area contributed by atoms with Gasteiger partial charge in [0.25, 0.3) is 5.91 Å². The van der Waals surface area contributed by atoms with Crippen molar-refractivity contribution in [3.05, 3.63) is 54.0 Å². The zero-order chi connectivity index (χ0) is 18.5. The van der Waals surface area contributed by atoms with Gasteiger partial charge in [-0.2, -0.15) is 0 Å². The second-order valence-electron chi connectivity index (χ2n) is 5.43. The van der Waals surface area contributed by atoms with Crippen LogP contribution in [-0.4, -0.2) is 26.9 Å². The molecule has 9 heteroatoms. The predicted molar refractivity (Wildman–Crippen MR) is 95.3 cm³/mol. The van der Waals surface area contributed by atoms with Gasteiger partial charge in [0, 0.05) is 30.6 Å². The molecule has 0 bridgehead atoms. The van der Waals surface area contributed by atoms with Crippen LogP contribution in [0.5, 0.6) is 0 Å². The first-order valence-corrected chi connectivity index (χ1v) is 7.72. The number of aromatic nitrogens is 3. The van der Waals surface area contributed by atoms with E-state index in [9.17, 15) is 9.59 Å². The largest absolute Gasteiger partial charge is 0.360 e. The van der Waals surface area contributed by atoms with Crippen molar-refractivity contribution in [2.24, 2.45) is 0 Å². The molecule has 3 rings (SSSR count). The molecule has 0 atom stereocenters. The summed E-state index contributed by atoms with van der Waals surface area (Å²) in [5, 5.41) is 12.0. The molecule has 132 valence electrons. The van der Waals surface area contributed by atoms with E-state index in [-0.39, 0.29) is 17.5 Å². The number of anilines is 4. The fourth-order valence-electron chi connectivity index (χ4n) is 2.12. The number of nitrogens with zero attached hydrogens (tertiary/aromatic N) is 3. The van der Waals surface area contributed by atoms with Crippen molar-refractivity contribution in [1.82, 2.24) is 15.1 Å². The van der Waals surface area contributed by atoms with Gasteiger partial charge in [0.1, 0.15) is 11.5 Å². The first-order valence-electron chi connectivity index (χ1n) is 7.72. The Hall–Kier alpha value is -3.75. The maximum absolute atomic E-state index is 12.2. The highest BCUT2D eigenvalue weighted by Crippen LogP contribution is 2.17. The number of aryl methyl sites for hydroxylation is 1. The van der Waals surface area contributed by atoms with Crippen molar-refractivity contribution in [2.45, 2.75) is 13.8 Å². The SMILES string of the molecule is CC(=O)Nc1ccc(Nc2nccc(C(=O)Nc3cc(C)on3)n2)cc1. The van der Waals surface area contributed by atoms with Gasteiger partial charge in [-0.3, -0.25) is 9.59 Å². The average Bonchev–Trinajstić information content (AvgIpc) is 3.01. The number of hydrogen-bond acceptors (Lipinski definition) is 7. The summed E-state index contributed by atoms with van der Waals surface area (Å²) in [7, 11) is 0. The molecule has 0 spiro atoms. The summed E-state index contributed by atoms with van der Waals surface area (Å²) in [5.74, 6) is 0.600. The Bertz CT molecular complexity index is 936. The van der Waals surface area contributed by atoms with Crippen LogP contribution in [-0.2, 0) is 4.79 Å². The molecule has 0 fully saturated rings. The average molecular weight is 352 g/mol. The van der Waals surface area contributed by atoms with Gasteiger partial charge in [0.05, 0.1) is 0 Å². The summed E-state index contributed by atoms with van der Waals surface area (Å²) < 4.78 is 4.90. The molecule has 3 N–H and O–H groups in total. The van der Waals surface area contributed by atoms with Crippen LogP contribution in [0, 0.1) is 6.92 Å². The normalized spacial score (nSPS) is 10.2. The minimum Gasteiger partial charge on any atom is -0.360 e. The number of nitrogens with one attached hydrogen (secondary N) is 3. The number of amides is 2. The summed E-state index contributed by atoms with van der Waals surface area (Å²) >= 11 is 0. The highest BCUT2D eigenvalue weighted by Gasteiger charge is 2.11. The molecule has 2 aromatic heterocycles. The third-order valence-electron chi connectivity index (χ3n) is 3.22. The number of carbonyl (C=O) groups excluding carboxylic acids is 2. The van der Waals surface area contributed by atoms with E-state index in [1.807, 2.05) is 0 Å². The van der Waals surface area contributed by atoms with Gasteiger partial charge in [0.15, 0.2) is 5.82 Å². The maximum atomic E-state index is 12.2. The summed E-state index contributed by atoms with van der Waals surface area (Å²) in [5.41, 5.74) is 1.57. The monoisotopic (exact) mass is 352 g/mol. The third-order valence-corrected chi connectivity index (χ3v) is 3.22. The lowest BCUT2D eigenvalue weighted by Gasteiger charge is -2.07. The van der Waals surface area contributed by atoms with E-state index in [2.05, 4.69) is 31.1 Å². The Morgan fingerprint density at radius 3 is 2.42 bits per heavy atom. The number of benzene rings is 1. The topological polar surface area (TPSA) is 122 Å². The Morgan fingerprint density at radius 1 is 1.04 bits per heavy atom. The number of hydrogen-bond donors (Lipinski definition) is 3. The van der Waals surface area contributed by atoms with Crippen molar-refractivity contribution in [1.29, 1.82) is 0 Å². The highest BCUT2D eigenvalue weighted by atomic mass is 16.5. The first kappa shape index (κ1) is 17.1. The van der Waals surface area contributed by atoms with Gasteiger partial charge in [-0.15, -0.1) is 0 Å². The molecule has 0 saturated carbocycles. The number of rotatable bonds is 5. The van der Waals surface area contributed by atoms with Gasteiger partial charge in [-0.05, 0) is 37.3 Å². The summed E-state index contributed by atoms with van der Waals surface area (Å²) in [6.45, 7) is 3.17. The standard InChI is InChI=1S/C17H16N6O3/c1-10-9-15(23-26-10)22-16(25)14-7-8-18-17(21-14)20-13-5-3-12(4-6-13)19-11(2)24/h3-9H,1-2H3,(H,19,24)(H,18,20,21)(H,22,23,25). The van der Waals surface area contributed by atoms with Gasteiger partial charge in [0.2, 0.25) is 11.9 Å². The zero-order valence-electron chi connectivity index (χ0n) is 14.1. The van der Waals surface area contributed by atoms with E-state index in [1.54, 1.807) is 37.3 Å². The Morgan fingerprint density at radius 2 is 1.77 bits per heavy atom. The van der Waals surface area contributed by atoms with Crippen LogP contribution in [0.15, 0.2) is 47.1 Å². The zero-order valence-corrected chi connectivity index (χ0v) is 14.1. The highest BCUT2D eigenvalue weighted by molar-refractivity contribution is 6.02. The molecule has 2 heterocycles. The maximum Gasteiger partial charge on any atom is 0.275 e. The molecule has 0 unspecified atom stereocenters. The minimum absolute atomic E-state index is 0.143. The molecule has 0 aliphatic carbocycles. The van der Waals surface area contributed by atoms with E-state index >= 15 is 0 Å². The van der Waals surface area contributed by atoms with Crippen LogP contribution >= 0.6 is 0 Å². The number of carbonyl (C=O) groups is 2. The summed E-state index contributed by atoms with van der Waals surface area (Å²) in [6.07, 6.45) is 1.48. The van der Waals surface area contributed by atoms with Crippen molar-refractivity contribution in [3.63, 3.8) is 0 Å². The van der Waals surface area contributed by atoms with E-state index in [1.165, 1.54) is 19.2 Å². The van der Waals surface area contributed by atoms with Gasteiger partial charge in [-0.1, -0.05) is 5.16 Å². The summed E-state index contributed by atoms with van der Waals surface area (Å²) in [4.78, 5) is 31.5. The van der Waals surface area contributed by atoms with Gasteiger partial charge < -0.3 is 20.5 Å². The van der Waals surface area contributed by atoms with Gasteiger partial charge >= 0.3 is 0 Å². The van der Waals surface area contributed by atoms with Crippen molar-refractivity contribution in [2.75, 3.05) is 16.0 Å². The molecule has 26 heavy (non-hydrogen) atoms. The molecule has 2 amide bonds. The van der Waals surface area contributed by atoms with Crippen LogP contribution in [0.2, 0.25) is 0 Å². The van der Waals surface area contributed by atoms with Crippen molar-refractivity contribution < 1.29 is 14.1 Å². The minimum atomic E-state index is -0.426. The Kier molecular flexibility index (Phi) is 4.88. The molecule has 0 aliphatic rings. The van der Waals surface area contributed by atoms with Crippen molar-refractivity contribution >= 4 is 35.0 Å². The van der Waals surface area contributed by atoms with Crippen LogP contribution in [0.1, 0.15) is 23.2 Å². The first-order chi connectivity index (χ1) is 12.5. The Balaban J connectivity index is 1.68. The molecular weight excluding hydrogens is 336 g/mol. The quantitative estimate of drug-likeness (QED) is 0.645. The smallest absolute Gasteiger partial charge is 0.275 e. The van der Waals surface area contributed by atoms with E-state index in [0.29, 0.717) is 23.0 Å². The lowest BCUT2D eigenvalue weighted by molar-refractivity contribution is -0.114. The van der Waals surface area contributed by atoms with Crippen LogP contribution in [0.4, 0.5) is 23.1 Å². The van der Waals surface area contributed by atoms with E-state index in [0.717, 1.165) is 0 Å². The molecule has 1 aromatic carbocycles.